The molecule has 0 unspecified atom stereocenters. The minimum absolute atomic E-state index is 0.0730. The summed E-state index contributed by atoms with van der Waals surface area (Å²) in [6.45, 7) is 1.60. The van der Waals surface area contributed by atoms with E-state index in [4.69, 9.17) is 10.5 Å². The molecule has 0 N–H and O–H groups in total. The molecular weight excluding hydrogens is 228 g/mol. The number of nitriles is 2. The zero-order valence-electron chi connectivity index (χ0n) is 9.58. The summed E-state index contributed by atoms with van der Waals surface area (Å²) in [5.74, 6) is -0.447. The number of carbonyl (C=O) groups excluding carboxylic acids is 1. The number of para-hydroxylation sites is 1. The topological polar surface area (TPSA) is 80.2 Å². The molecule has 0 spiro atoms. The molecule has 5 heteroatoms. The summed E-state index contributed by atoms with van der Waals surface area (Å²) in [5.41, 5.74) is 0.845. The Bertz CT molecular complexity index is 628. The first-order valence-corrected chi connectivity index (χ1v) is 5.18. The van der Waals surface area contributed by atoms with Gasteiger partial charge < -0.3 is 0 Å². The highest BCUT2D eigenvalue weighted by Crippen LogP contribution is 2.24. The van der Waals surface area contributed by atoms with E-state index in [0.717, 1.165) is 0 Å². The molecule has 18 heavy (non-hydrogen) atoms. The number of benzene rings is 1. The maximum absolute atomic E-state index is 12.1. The fraction of sp³-hybridized carbons (Fsp3) is 0.0769. The maximum Gasteiger partial charge on any atom is 0.282 e. The van der Waals surface area contributed by atoms with E-state index >= 15 is 0 Å². The van der Waals surface area contributed by atoms with Gasteiger partial charge in [0.2, 0.25) is 0 Å². The van der Waals surface area contributed by atoms with Crippen molar-refractivity contribution in [2.75, 3.05) is 5.01 Å². The standard InChI is InChI=1S/C13H8N4O/c1-9-12(10(7-14)8-15)13(18)17(16-9)11-5-3-2-4-6-11/h2-6H,1H3. The molecule has 0 radical (unpaired) electrons. The average molecular weight is 236 g/mol. The van der Waals surface area contributed by atoms with Gasteiger partial charge in [0, 0.05) is 0 Å². The Labute approximate surface area is 104 Å². The molecule has 0 fully saturated rings. The lowest BCUT2D eigenvalue weighted by atomic mass is 10.1. The molecule has 0 atom stereocenters. The van der Waals surface area contributed by atoms with E-state index in [-0.39, 0.29) is 11.1 Å². The van der Waals surface area contributed by atoms with Gasteiger partial charge >= 0.3 is 0 Å². The second kappa shape index (κ2) is 4.52. The van der Waals surface area contributed by atoms with Crippen LogP contribution in [0.1, 0.15) is 6.92 Å². The van der Waals surface area contributed by atoms with Crippen molar-refractivity contribution in [1.82, 2.24) is 0 Å². The largest absolute Gasteiger partial charge is 0.282 e. The summed E-state index contributed by atoms with van der Waals surface area (Å²) in [6, 6.07) is 12.3. The summed E-state index contributed by atoms with van der Waals surface area (Å²) >= 11 is 0. The molecule has 1 aromatic carbocycles. The van der Waals surface area contributed by atoms with Crippen LogP contribution in [-0.4, -0.2) is 11.6 Å². The fourth-order valence-corrected chi connectivity index (χ4v) is 1.67. The molecule has 5 nitrogen and oxygen atoms in total. The Balaban J connectivity index is 2.50. The van der Waals surface area contributed by atoms with E-state index < -0.39 is 5.91 Å². The Hall–Kier alpha value is -2.92. The van der Waals surface area contributed by atoms with Crippen LogP contribution in [0.15, 0.2) is 46.6 Å². The van der Waals surface area contributed by atoms with Crippen LogP contribution in [0.5, 0.6) is 0 Å². The first-order valence-electron chi connectivity index (χ1n) is 5.18. The van der Waals surface area contributed by atoms with Crippen molar-refractivity contribution < 1.29 is 4.79 Å². The number of amides is 1. The van der Waals surface area contributed by atoms with E-state index in [1.807, 2.05) is 6.07 Å². The minimum Gasteiger partial charge on any atom is -0.267 e. The number of anilines is 1. The van der Waals surface area contributed by atoms with Gasteiger partial charge in [-0.3, -0.25) is 4.79 Å². The average Bonchev–Trinajstić information content (AvgIpc) is 2.69. The molecule has 86 valence electrons. The third-order valence-corrected chi connectivity index (χ3v) is 2.49. The maximum atomic E-state index is 12.1. The van der Waals surface area contributed by atoms with Gasteiger partial charge in [0.15, 0.2) is 0 Å². The second-order valence-corrected chi connectivity index (χ2v) is 3.61. The van der Waals surface area contributed by atoms with Crippen LogP contribution in [0.25, 0.3) is 0 Å². The Morgan fingerprint density at radius 3 is 2.39 bits per heavy atom. The highest BCUT2D eigenvalue weighted by atomic mass is 16.2. The van der Waals surface area contributed by atoms with Gasteiger partial charge in [-0.25, -0.2) is 0 Å². The number of nitrogens with zero attached hydrogens (tertiary/aromatic N) is 4. The predicted octanol–water partition coefficient (Wildman–Crippen LogP) is 1.75. The van der Waals surface area contributed by atoms with Gasteiger partial charge in [-0.1, -0.05) is 18.2 Å². The summed E-state index contributed by atoms with van der Waals surface area (Å²) < 4.78 is 0. The molecule has 1 heterocycles. The van der Waals surface area contributed by atoms with Crippen LogP contribution in [0, 0.1) is 22.7 Å². The van der Waals surface area contributed by atoms with Crippen molar-refractivity contribution in [3.8, 4) is 12.1 Å². The second-order valence-electron chi connectivity index (χ2n) is 3.61. The van der Waals surface area contributed by atoms with Crippen molar-refractivity contribution in [3.63, 3.8) is 0 Å². The van der Waals surface area contributed by atoms with Gasteiger partial charge in [-0.15, -0.1) is 0 Å². The molecule has 0 aromatic heterocycles. The van der Waals surface area contributed by atoms with Gasteiger partial charge in [-0.2, -0.15) is 20.6 Å². The lowest BCUT2D eigenvalue weighted by molar-refractivity contribution is -0.114. The first-order chi connectivity index (χ1) is 8.69. The molecule has 1 aliphatic rings. The molecule has 1 aliphatic heterocycles. The molecule has 0 saturated heterocycles. The highest BCUT2D eigenvalue weighted by Gasteiger charge is 2.31. The SMILES string of the molecule is CC1=NN(c2ccccc2)C(=O)C1=C(C#N)C#N. The van der Waals surface area contributed by atoms with Gasteiger partial charge in [0.25, 0.3) is 5.91 Å². The van der Waals surface area contributed by atoms with E-state index in [0.29, 0.717) is 11.4 Å². The third kappa shape index (κ3) is 1.74. The van der Waals surface area contributed by atoms with Gasteiger partial charge in [-0.05, 0) is 19.1 Å². The lowest BCUT2D eigenvalue weighted by Crippen LogP contribution is -2.22. The fourth-order valence-electron chi connectivity index (χ4n) is 1.67. The van der Waals surface area contributed by atoms with Gasteiger partial charge in [0.1, 0.15) is 17.7 Å². The minimum atomic E-state index is -0.447. The molecule has 2 rings (SSSR count). The zero-order valence-corrected chi connectivity index (χ0v) is 9.58. The summed E-state index contributed by atoms with van der Waals surface area (Å²) in [4.78, 5) is 12.1. The van der Waals surface area contributed by atoms with E-state index in [2.05, 4.69) is 5.10 Å². The monoisotopic (exact) mass is 236 g/mol. The van der Waals surface area contributed by atoms with Crippen LogP contribution >= 0.6 is 0 Å². The smallest absolute Gasteiger partial charge is 0.267 e. The third-order valence-electron chi connectivity index (χ3n) is 2.49. The zero-order chi connectivity index (χ0) is 13.1. The van der Waals surface area contributed by atoms with Crippen molar-refractivity contribution >= 4 is 17.3 Å². The highest BCUT2D eigenvalue weighted by molar-refractivity contribution is 6.30. The van der Waals surface area contributed by atoms with Crippen LogP contribution < -0.4 is 5.01 Å². The molecule has 0 bridgehead atoms. The van der Waals surface area contributed by atoms with Gasteiger partial charge in [0.05, 0.1) is 17.0 Å². The van der Waals surface area contributed by atoms with Crippen LogP contribution in [0.4, 0.5) is 5.69 Å². The van der Waals surface area contributed by atoms with Crippen LogP contribution in [0.2, 0.25) is 0 Å². The predicted molar refractivity (Wildman–Crippen MR) is 65.3 cm³/mol. The molecule has 0 saturated carbocycles. The summed E-state index contributed by atoms with van der Waals surface area (Å²) in [5, 5.41) is 22.9. The van der Waals surface area contributed by atoms with Crippen molar-refractivity contribution in [2.45, 2.75) is 6.92 Å². The quantitative estimate of drug-likeness (QED) is 0.550. The van der Waals surface area contributed by atoms with Crippen LogP contribution in [0.3, 0.4) is 0 Å². The van der Waals surface area contributed by atoms with Crippen LogP contribution in [-0.2, 0) is 4.79 Å². The molecular formula is C13H8N4O. The van der Waals surface area contributed by atoms with E-state index in [9.17, 15) is 4.79 Å². The Morgan fingerprint density at radius 1 is 1.22 bits per heavy atom. The van der Waals surface area contributed by atoms with E-state index in [1.54, 1.807) is 43.3 Å². The number of carbonyl (C=O) groups is 1. The lowest BCUT2D eigenvalue weighted by Gasteiger charge is -2.10. The first kappa shape index (κ1) is 11.6. The van der Waals surface area contributed by atoms with E-state index in [1.165, 1.54) is 5.01 Å². The number of hydrogen-bond donors (Lipinski definition) is 0. The molecule has 0 aliphatic carbocycles. The normalized spacial score (nSPS) is 13.9. The summed E-state index contributed by atoms with van der Waals surface area (Å²) in [6.07, 6.45) is 0. The molecule has 1 amide bonds. The van der Waals surface area contributed by atoms with Crippen molar-refractivity contribution in [3.05, 3.63) is 41.5 Å². The number of allylic oxidation sites excluding steroid dienone is 1. The Kier molecular flexibility index (Phi) is 2.90. The summed E-state index contributed by atoms with van der Waals surface area (Å²) in [7, 11) is 0. The Morgan fingerprint density at radius 2 is 1.83 bits per heavy atom. The van der Waals surface area contributed by atoms with Crippen molar-refractivity contribution in [1.29, 1.82) is 10.5 Å². The number of rotatable bonds is 1. The number of hydrazone groups is 1. The van der Waals surface area contributed by atoms with Crippen molar-refractivity contribution in [2.24, 2.45) is 5.10 Å². The molecule has 1 aromatic rings. The number of hydrogen-bond acceptors (Lipinski definition) is 4.